The summed E-state index contributed by atoms with van der Waals surface area (Å²) in [6.07, 6.45) is 1.74. The number of ether oxygens (including phenoxy) is 2. The summed E-state index contributed by atoms with van der Waals surface area (Å²) in [5, 5.41) is 3.88. The number of carbonyl (C=O) groups is 1. The van der Waals surface area contributed by atoms with E-state index in [2.05, 4.69) is 5.32 Å². The Labute approximate surface area is 153 Å². The summed E-state index contributed by atoms with van der Waals surface area (Å²) < 4.78 is 11.0. The standard InChI is InChI=1S/C20H22ClNO3/c1-2-24-12-13-25-19-9-4-3-6-16(19)20(23)22-18-11-10-14-15(18)7-5-8-17(14)21/h3-9,18H,2,10-13H2,1H3,(H,22,23). The smallest absolute Gasteiger partial charge is 0.255 e. The minimum atomic E-state index is -0.134. The number of fused-ring (bicyclic) bond motifs is 1. The highest BCUT2D eigenvalue weighted by Gasteiger charge is 2.26. The lowest BCUT2D eigenvalue weighted by atomic mass is 10.1. The Balaban J connectivity index is 1.70. The number of hydrogen-bond donors (Lipinski definition) is 1. The Bertz CT molecular complexity index is 747. The third-order valence-corrected chi connectivity index (χ3v) is 4.69. The van der Waals surface area contributed by atoms with Gasteiger partial charge in [-0.25, -0.2) is 0 Å². The van der Waals surface area contributed by atoms with Crippen molar-refractivity contribution in [1.82, 2.24) is 5.32 Å². The molecule has 2 aromatic rings. The molecule has 0 bridgehead atoms. The Morgan fingerprint density at radius 2 is 2.04 bits per heavy atom. The number of halogens is 1. The van der Waals surface area contributed by atoms with Crippen LogP contribution in [0.25, 0.3) is 0 Å². The zero-order valence-electron chi connectivity index (χ0n) is 14.3. The second-order valence-corrected chi connectivity index (χ2v) is 6.32. The van der Waals surface area contributed by atoms with Gasteiger partial charge in [-0.3, -0.25) is 4.79 Å². The molecule has 25 heavy (non-hydrogen) atoms. The first-order valence-corrected chi connectivity index (χ1v) is 8.96. The summed E-state index contributed by atoms with van der Waals surface area (Å²) in [5.41, 5.74) is 2.78. The Morgan fingerprint density at radius 3 is 2.88 bits per heavy atom. The molecule has 0 aromatic heterocycles. The van der Waals surface area contributed by atoms with Crippen molar-refractivity contribution in [2.45, 2.75) is 25.8 Å². The van der Waals surface area contributed by atoms with Crippen molar-refractivity contribution in [3.63, 3.8) is 0 Å². The summed E-state index contributed by atoms with van der Waals surface area (Å²) in [6, 6.07) is 13.1. The van der Waals surface area contributed by atoms with E-state index in [4.69, 9.17) is 21.1 Å². The maximum absolute atomic E-state index is 12.7. The van der Waals surface area contributed by atoms with Crippen LogP contribution in [0.2, 0.25) is 5.02 Å². The first kappa shape index (κ1) is 17.8. The topological polar surface area (TPSA) is 47.6 Å². The third-order valence-electron chi connectivity index (χ3n) is 4.34. The van der Waals surface area contributed by atoms with Crippen molar-refractivity contribution < 1.29 is 14.3 Å². The lowest BCUT2D eigenvalue weighted by Gasteiger charge is -2.16. The molecule has 4 nitrogen and oxygen atoms in total. The molecule has 3 rings (SSSR count). The first-order valence-electron chi connectivity index (χ1n) is 8.58. The molecular formula is C20H22ClNO3. The molecule has 5 heteroatoms. The van der Waals surface area contributed by atoms with Crippen LogP contribution < -0.4 is 10.1 Å². The number of amides is 1. The van der Waals surface area contributed by atoms with Crippen LogP contribution in [0.1, 0.15) is 40.9 Å². The van der Waals surface area contributed by atoms with Gasteiger partial charge in [0, 0.05) is 11.6 Å². The number of para-hydroxylation sites is 1. The van der Waals surface area contributed by atoms with Crippen LogP contribution in [0, 0.1) is 0 Å². The van der Waals surface area contributed by atoms with Crippen LogP contribution in [0.15, 0.2) is 42.5 Å². The van der Waals surface area contributed by atoms with E-state index >= 15 is 0 Å². The Morgan fingerprint density at radius 1 is 1.20 bits per heavy atom. The van der Waals surface area contributed by atoms with Crippen molar-refractivity contribution in [2.75, 3.05) is 19.8 Å². The molecule has 0 heterocycles. The van der Waals surface area contributed by atoms with Gasteiger partial charge in [-0.05, 0) is 49.1 Å². The largest absolute Gasteiger partial charge is 0.490 e. The fraction of sp³-hybridized carbons (Fsp3) is 0.350. The van der Waals surface area contributed by atoms with Crippen molar-refractivity contribution in [1.29, 1.82) is 0 Å². The number of hydrogen-bond acceptors (Lipinski definition) is 3. The fourth-order valence-electron chi connectivity index (χ4n) is 3.13. The second-order valence-electron chi connectivity index (χ2n) is 5.91. The highest BCUT2D eigenvalue weighted by atomic mass is 35.5. The third kappa shape index (κ3) is 4.14. The number of carbonyl (C=O) groups excluding carboxylic acids is 1. The minimum absolute atomic E-state index is 0.0160. The molecule has 132 valence electrons. The fourth-order valence-corrected chi connectivity index (χ4v) is 3.41. The molecule has 0 spiro atoms. The molecule has 1 aliphatic rings. The zero-order chi connectivity index (χ0) is 17.6. The molecule has 1 unspecified atom stereocenters. The molecule has 1 amide bonds. The predicted octanol–water partition coefficient (Wildman–Crippen LogP) is 4.17. The predicted molar refractivity (Wildman–Crippen MR) is 98.4 cm³/mol. The van der Waals surface area contributed by atoms with Crippen LogP contribution in [-0.4, -0.2) is 25.7 Å². The van der Waals surface area contributed by atoms with E-state index in [0.717, 1.165) is 29.0 Å². The molecule has 1 N–H and O–H groups in total. The lowest BCUT2D eigenvalue weighted by molar-refractivity contribution is 0.0920. The molecule has 0 saturated carbocycles. The molecule has 1 aliphatic carbocycles. The summed E-state index contributed by atoms with van der Waals surface area (Å²) in [5.74, 6) is 0.439. The maximum atomic E-state index is 12.7. The van der Waals surface area contributed by atoms with Crippen molar-refractivity contribution in [3.8, 4) is 5.75 Å². The van der Waals surface area contributed by atoms with Gasteiger partial charge in [-0.15, -0.1) is 0 Å². The van der Waals surface area contributed by atoms with E-state index in [-0.39, 0.29) is 11.9 Å². The quantitative estimate of drug-likeness (QED) is 0.755. The van der Waals surface area contributed by atoms with Gasteiger partial charge in [0.1, 0.15) is 12.4 Å². The minimum Gasteiger partial charge on any atom is -0.490 e. The molecule has 0 radical (unpaired) electrons. The van der Waals surface area contributed by atoms with Gasteiger partial charge in [0.15, 0.2) is 0 Å². The zero-order valence-corrected chi connectivity index (χ0v) is 15.0. The van der Waals surface area contributed by atoms with Gasteiger partial charge in [0.05, 0.1) is 18.2 Å². The highest BCUT2D eigenvalue weighted by molar-refractivity contribution is 6.31. The van der Waals surface area contributed by atoms with Crippen LogP contribution in [0.4, 0.5) is 0 Å². The van der Waals surface area contributed by atoms with E-state index in [0.29, 0.717) is 31.1 Å². The van der Waals surface area contributed by atoms with Crippen molar-refractivity contribution in [2.24, 2.45) is 0 Å². The lowest BCUT2D eigenvalue weighted by Crippen LogP contribution is -2.27. The molecule has 1 atom stereocenters. The van der Waals surface area contributed by atoms with E-state index in [9.17, 15) is 4.79 Å². The average molecular weight is 360 g/mol. The van der Waals surface area contributed by atoms with Gasteiger partial charge in [0.25, 0.3) is 5.91 Å². The molecule has 0 aliphatic heterocycles. The number of benzene rings is 2. The maximum Gasteiger partial charge on any atom is 0.255 e. The van der Waals surface area contributed by atoms with Crippen molar-refractivity contribution >= 4 is 17.5 Å². The Hall–Kier alpha value is -2.04. The Kier molecular flexibility index (Phi) is 5.95. The molecular weight excluding hydrogens is 338 g/mol. The SMILES string of the molecule is CCOCCOc1ccccc1C(=O)NC1CCc2c(Cl)cccc21. The summed E-state index contributed by atoms with van der Waals surface area (Å²) in [4.78, 5) is 12.7. The van der Waals surface area contributed by atoms with E-state index in [1.807, 2.05) is 37.3 Å². The molecule has 2 aromatic carbocycles. The van der Waals surface area contributed by atoms with Crippen LogP contribution in [-0.2, 0) is 11.2 Å². The number of nitrogens with one attached hydrogen (secondary N) is 1. The van der Waals surface area contributed by atoms with Gasteiger partial charge < -0.3 is 14.8 Å². The average Bonchev–Trinajstić information content (AvgIpc) is 3.03. The molecule has 0 saturated heterocycles. The first-order chi connectivity index (χ1) is 12.2. The second kappa shape index (κ2) is 8.37. The van der Waals surface area contributed by atoms with Gasteiger partial charge in [-0.1, -0.05) is 35.9 Å². The van der Waals surface area contributed by atoms with E-state index < -0.39 is 0 Å². The summed E-state index contributed by atoms with van der Waals surface area (Å²) >= 11 is 6.25. The molecule has 0 fully saturated rings. The van der Waals surface area contributed by atoms with Crippen LogP contribution in [0.3, 0.4) is 0 Å². The van der Waals surface area contributed by atoms with Crippen molar-refractivity contribution in [3.05, 3.63) is 64.2 Å². The van der Waals surface area contributed by atoms with Gasteiger partial charge >= 0.3 is 0 Å². The summed E-state index contributed by atoms with van der Waals surface area (Å²) in [7, 11) is 0. The number of rotatable bonds is 7. The van der Waals surface area contributed by atoms with Gasteiger partial charge in [0.2, 0.25) is 0 Å². The highest BCUT2D eigenvalue weighted by Crippen LogP contribution is 2.35. The van der Waals surface area contributed by atoms with Crippen LogP contribution >= 0.6 is 11.6 Å². The van der Waals surface area contributed by atoms with E-state index in [1.54, 1.807) is 12.1 Å². The normalized spacial score (nSPS) is 15.7. The van der Waals surface area contributed by atoms with E-state index in [1.165, 1.54) is 0 Å². The summed E-state index contributed by atoms with van der Waals surface area (Å²) in [6.45, 7) is 3.50. The van der Waals surface area contributed by atoms with Gasteiger partial charge in [-0.2, -0.15) is 0 Å². The van der Waals surface area contributed by atoms with Crippen LogP contribution in [0.5, 0.6) is 5.75 Å². The monoisotopic (exact) mass is 359 g/mol.